The average Bonchev–Trinajstić information content (AvgIpc) is 2.76. The summed E-state index contributed by atoms with van der Waals surface area (Å²) in [7, 11) is 0. The molecule has 0 atom stereocenters. The fraction of sp³-hybridized carbons (Fsp3) is 0.182. The Labute approximate surface area is 100 Å². The van der Waals surface area contributed by atoms with Gasteiger partial charge in [0.05, 0.1) is 12.1 Å². The van der Waals surface area contributed by atoms with Gasteiger partial charge in [-0.3, -0.25) is 14.2 Å². The third-order valence-electron chi connectivity index (χ3n) is 2.33. The number of H-pyrrole nitrogens is 1. The molecular weight excluding hydrogens is 240 g/mol. The van der Waals surface area contributed by atoms with Gasteiger partial charge in [-0.2, -0.15) is 0 Å². The Morgan fingerprint density at radius 1 is 1.47 bits per heavy atom. The van der Waals surface area contributed by atoms with Crippen LogP contribution in [0, 0.1) is 0 Å². The van der Waals surface area contributed by atoms with Crippen molar-refractivity contribution < 1.29 is 4.79 Å². The van der Waals surface area contributed by atoms with E-state index in [-0.39, 0.29) is 17.9 Å². The first kappa shape index (κ1) is 11.5. The number of carbonyl (C=O) groups excluding carboxylic acids is 1. The maximum atomic E-state index is 11.9. The Morgan fingerprint density at radius 2 is 2.24 bits per heavy atom. The lowest BCUT2D eigenvalue weighted by Crippen LogP contribution is -2.37. The van der Waals surface area contributed by atoms with Gasteiger partial charge in [0.25, 0.3) is 5.56 Å². The summed E-state index contributed by atoms with van der Waals surface area (Å²) < 4.78 is 1.03. The van der Waals surface area contributed by atoms with E-state index in [1.807, 2.05) is 17.5 Å². The molecule has 0 bridgehead atoms. The fourth-order valence-electron chi connectivity index (χ4n) is 1.47. The summed E-state index contributed by atoms with van der Waals surface area (Å²) in [4.78, 5) is 37.9. The number of hydrogen-bond acceptors (Lipinski definition) is 4. The van der Waals surface area contributed by atoms with Crippen LogP contribution in [0.4, 0.5) is 0 Å². The molecule has 0 amide bonds. The number of Topliss-reactive ketones (excluding diaryl/α,β-unsaturated/α-hetero) is 1. The molecule has 88 valence electrons. The van der Waals surface area contributed by atoms with Crippen molar-refractivity contribution in [2.24, 2.45) is 0 Å². The van der Waals surface area contributed by atoms with Crippen molar-refractivity contribution in [1.29, 1.82) is 0 Å². The minimum absolute atomic E-state index is 0.00107. The van der Waals surface area contributed by atoms with Gasteiger partial charge in [-0.1, -0.05) is 6.07 Å². The molecule has 0 unspecified atom stereocenters. The predicted octanol–water partition coefficient (Wildman–Crippen LogP) is 0.849. The van der Waals surface area contributed by atoms with E-state index in [0.717, 1.165) is 15.6 Å². The predicted molar refractivity (Wildman–Crippen MR) is 64.7 cm³/mol. The number of carbonyl (C=O) groups is 1. The molecule has 0 saturated heterocycles. The monoisotopic (exact) mass is 250 g/mol. The lowest BCUT2D eigenvalue weighted by molar-refractivity contribution is 0.101. The van der Waals surface area contributed by atoms with Crippen molar-refractivity contribution in [3.8, 4) is 0 Å². The highest BCUT2D eigenvalue weighted by Crippen LogP contribution is 2.08. The zero-order valence-electron chi connectivity index (χ0n) is 9.10. The van der Waals surface area contributed by atoms with Crippen molar-refractivity contribution in [2.45, 2.75) is 13.5 Å². The Balaban J connectivity index is 2.53. The lowest BCUT2D eigenvalue weighted by Gasteiger charge is -2.03. The van der Waals surface area contributed by atoms with Crippen molar-refractivity contribution in [3.05, 3.63) is 55.0 Å². The summed E-state index contributed by atoms with van der Waals surface area (Å²) >= 11 is 1.45. The number of thiophene rings is 1. The van der Waals surface area contributed by atoms with Crippen LogP contribution in [0.15, 0.2) is 33.3 Å². The minimum atomic E-state index is -0.547. The molecule has 0 fully saturated rings. The number of aromatic amines is 1. The lowest BCUT2D eigenvalue weighted by atomic mass is 10.2. The molecule has 0 aromatic carbocycles. The number of rotatable bonds is 3. The first-order valence-electron chi connectivity index (χ1n) is 4.95. The summed E-state index contributed by atoms with van der Waals surface area (Å²) in [5.41, 5.74) is -1.05. The molecule has 2 rings (SSSR count). The molecule has 0 aliphatic heterocycles. The fourth-order valence-corrected chi connectivity index (χ4v) is 2.16. The second kappa shape index (κ2) is 4.50. The molecule has 0 radical (unpaired) electrons. The Hall–Kier alpha value is -1.95. The zero-order valence-corrected chi connectivity index (χ0v) is 9.91. The van der Waals surface area contributed by atoms with Gasteiger partial charge >= 0.3 is 5.69 Å². The van der Waals surface area contributed by atoms with Crippen molar-refractivity contribution in [2.75, 3.05) is 0 Å². The standard InChI is InChI=1S/C11H10N2O3S/c1-7(14)9-5-12-11(16)13(10(9)15)6-8-3-2-4-17-8/h2-5H,6H2,1H3,(H,12,16). The van der Waals surface area contributed by atoms with Crippen molar-refractivity contribution in [1.82, 2.24) is 9.55 Å². The molecule has 5 nitrogen and oxygen atoms in total. The van der Waals surface area contributed by atoms with Gasteiger partial charge in [0.2, 0.25) is 0 Å². The third-order valence-corrected chi connectivity index (χ3v) is 3.20. The highest BCUT2D eigenvalue weighted by molar-refractivity contribution is 7.09. The Morgan fingerprint density at radius 3 is 2.82 bits per heavy atom. The molecule has 2 heterocycles. The molecule has 2 aromatic heterocycles. The minimum Gasteiger partial charge on any atom is -0.313 e. The molecule has 2 aromatic rings. The van der Waals surface area contributed by atoms with Gasteiger partial charge in [-0.15, -0.1) is 11.3 Å². The summed E-state index contributed by atoms with van der Waals surface area (Å²) in [6.07, 6.45) is 1.16. The van der Waals surface area contributed by atoms with E-state index in [2.05, 4.69) is 4.98 Å². The number of nitrogens with zero attached hydrogens (tertiary/aromatic N) is 1. The van der Waals surface area contributed by atoms with Crippen LogP contribution in [0.2, 0.25) is 0 Å². The first-order valence-corrected chi connectivity index (χ1v) is 5.83. The third kappa shape index (κ3) is 2.26. The van der Waals surface area contributed by atoms with Crippen molar-refractivity contribution >= 4 is 17.1 Å². The normalized spacial score (nSPS) is 10.4. The Kier molecular flexibility index (Phi) is 3.06. The number of ketones is 1. The van der Waals surface area contributed by atoms with E-state index in [0.29, 0.717) is 0 Å². The molecule has 0 aliphatic rings. The Bertz CT molecular complexity index is 652. The summed E-state index contributed by atoms with van der Waals surface area (Å²) in [6.45, 7) is 1.48. The van der Waals surface area contributed by atoms with Crippen LogP contribution in [0.25, 0.3) is 0 Å². The van der Waals surface area contributed by atoms with Gasteiger partial charge in [0.1, 0.15) is 0 Å². The molecule has 6 heteroatoms. The average molecular weight is 250 g/mol. The molecule has 1 N–H and O–H groups in total. The van der Waals surface area contributed by atoms with E-state index < -0.39 is 11.2 Å². The quantitative estimate of drug-likeness (QED) is 0.821. The summed E-state index contributed by atoms with van der Waals surface area (Å²) in [5.74, 6) is -0.355. The molecule has 17 heavy (non-hydrogen) atoms. The SMILES string of the molecule is CC(=O)c1c[nH]c(=O)n(Cc2cccs2)c1=O. The highest BCUT2D eigenvalue weighted by atomic mass is 32.1. The van der Waals surface area contributed by atoms with Gasteiger partial charge in [0, 0.05) is 11.1 Å². The van der Waals surface area contributed by atoms with E-state index in [4.69, 9.17) is 0 Å². The maximum absolute atomic E-state index is 11.9. The first-order chi connectivity index (χ1) is 8.09. The van der Waals surface area contributed by atoms with E-state index in [1.54, 1.807) is 0 Å². The maximum Gasteiger partial charge on any atom is 0.328 e. The van der Waals surface area contributed by atoms with Gasteiger partial charge in [-0.05, 0) is 18.4 Å². The summed E-state index contributed by atoms with van der Waals surface area (Å²) in [5, 5.41) is 1.86. The largest absolute Gasteiger partial charge is 0.328 e. The highest BCUT2D eigenvalue weighted by Gasteiger charge is 2.11. The van der Waals surface area contributed by atoms with Crippen molar-refractivity contribution in [3.63, 3.8) is 0 Å². The topological polar surface area (TPSA) is 71.9 Å². The molecule has 0 saturated carbocycles. The van der Waals surface area contributed by atoms with Gasteiger partial charge < -0.3 is 4.98 Å². The van der Waals surface area contributed by atoms with E-state index >= 15 is 0 Å². The van der Waals surface area contributed by atoms with Gasteiger partial charge in [-0.25, -0.2) is 4.79 Å². The molecular formula is C11H10N2O3S. The van der Waals surface area contributed by atoms with Crippen LogP contribution in [-0.2, 0) is 6.54 Å². The van der Waals surface area contributed by atoms with Crippen LogP contribution < -0.4 is 11.2 Å². The zero-order chi connectivity index (χ0) is 12.4. The smallest absolute Gasteiger partial charge is 0.313 e. The van der Waals surface area contributed by atoms with Crippen LogP contribution in [0.3, 0.4) is 0 Å². The number of aromatic nitrogens is 2. The van der Waals surface area contributed by atoms with Crippen LogP contribution in [-0.4, -0.2) is 15.3 Å². The second-order valence-electron chi connectivity index (χ2n) is 3.53. The number of hydrogen-bond donors (Lipinski definition) is 1. The van der Waals surface area contributed by atoms with Crippen LogP contribution in [0.5, 0.6) is 0 Å². The van der Waals surface area contributed by atoms with E-state index in [9.17, 15) is 14.4 Å². The van der Waals surface area contributed by atoms with Gasteiger partial charge in [0.15, 0.2) is 5.78 Å². The van der Waals surface area contributed by atoms with Crippen LogP contribution >= 0.6 is 11.3 Å². The summed E-state index contributed by atoms with van der Waals surface area (Å²) in [6, 6.07) is 3.67. The van der Waals surface area contributed by atoms with Crippen LogP contribution in [0.1, 0.15) is 22.2 Å². The number of nitrogens with one attached hydrogen (secondary N) is 1. The second-order valence-corrected chi connectivity index (χ2v) is 4.57. The molecule has 0 aliphatic carbocycles. The molecule has 0 spiro atoms. The van der Waals surface area contributed by atoms with E-state index in [1.165, 1.54) is 18.3 Å².